The Hall–Kier alpha value is -2.33. The van der Waals surface area contributed by atoms with E-state index in [0.717, 1.165) is 23.6 Å². The smallest absolute Gasteiger partial charge is 0.167 e. The minimum atomic E-state index is 0.0955. The van der Waals surface area contributed by atoms with Gasteiger partial charge in [-0.3, -0.25) is 9.69 Å². The monoisotopic (exact) mass is 353 g/mol. The number of carbonyl (C=O) groups is 1. The zero-order valence-corrected chi connectivity index (χ0v) is 15.4. The van der Waals surface area contributed by atoms with Gasteiger partial charge in [-0.25, -0.2) is 0 Å². The van der Waals surface area contributed by atoms with Gasteiger partial charge in [0, 0.05) is 18.5 Å². The van der Waals surface area contributed by atoms with Crippen molar-refractivity contribution in [3.8, 4) is 11.5 Å². The number of hydrogen-bond donors (Lipinski definition) is 0. The van der Waals surface area contributed by atoms with Crippen molar-refractivity contribution >= 4 is 5.78 Å². The van der Waals surface area contributed by atoms with Crippen molar-refractivity contribution in [2.75, 3.05) is 33.4 Å². The summed E-state index contributed by atoms with van der Waals surface area (Å²) in [5.41, 5.74) is 1.66. The third-order valence-corrected chi connectivity index (χ3v) is 4.80. The normalized spacial score (nSPS) is 14.8. The quantitative estimate of drug-likeness (QED) is 0.673. The van der Waals surface area contributed by atoms with Gasteiger partial charge in [-0.05, 0) is 67.9 Å². The number of piperidine rings is 1. The SMILES string of the molecule is COc1cccc(CC(=O)c2ccc(OCCN3CCCCC3)cc2)c1. The number of hydrogen-bond acceptors (Lipinski definition) is 4. The van der Waals surface area contributed by atoms with E-state index in [1.807, 2.05) is 48.5 Å². The van der Waals surface area contributed by atoms with Crippen LogP contribution >= 0.6 is 0 Å². The highest BCUT2D eigenvalue weighted by molar-refractivity contribution is 5.97. The fraction of sp³-hybridized carbons (Fsp3) is 0.409. The van der Waals surface area contributed by atoms with Crippen LogP contribution in [0, 0.1) is 0 Å². The number of ether oxygens (including phenoxy) is 2. The molecular weight excluding hydrogens is 326 g/mol. The fourth-order valence-corrected chi connectivity index (χ4v) is 3.28. The topological polar surface area (TPSA) is 38.8 Å². The first kappa shape index (κ1) is 18.5. The van der Waals surface area contributed by atoms with E-state index in [4.69, 9.17) is 9.47 Å². The summed E-state index contributed by atoms with van der Waals surface area (Å²) in [7, 11) is 1.63. The Labute approximate surface area is 155 Å². The molecule has 1 saturated heterocycles. The molecule has 0 N–H and O–H groups in total. The summed E-state index contributed by atoms with van der Waals surface area (Å²) in [5, 5.41) is 0. The van der Waals surface area contributed by atoms with Gasteiger partial charge in [-0.15, -0.1) is 0 Å². The minimum absolute atomic E-state index is 0.0955. The van der Waals surface area contributed by atoms with Gasteiger partial charge in [0.1, 0.15) is 18.1 Å². The van der Waals surface area contributed by atoms with Crippen LogP contribution in [0.2, 0.25) is 0 Å². The van der Waals surface area contributed by atoms with Crippen LogP contribution < -0.4 is 9.47 Å². The maximum absolute atomic E-state index is 12.5. The minimum Gasteiger partial charge on any atom is -0.497 e. The summed E-state index contributed by atoms with van der Waals surface area (Å²) in [6, 6.07) is 15.1. The summed E-state index contributed by atoms with van der Waals surface area (Å²) in [5.74, 6) is 1.69. The first-order chi connectivity index (χ1) is 12.7. The van der Waals surface area contributed by atoms with Crippen LogP contribution in [0.25, 0.3) is 0 Å². The van der Waals surface area contributed by atoms with Gasteiger partial charge in [0.2, 0.25) is 0 Å². The summed E-state index contributed by atoms with van der Waals surface area (Å²) in [6.45, 7) is 4.02. The van der Waals surface area contributed by atoms with Crippen molar-refractivity contribution in [1.82, 2.24) is 4.90 Å². The Morgan fingerprint density at radius 2 is 1.77 bits per heavy atom. The number of Topliss-reactive ketones (excluding diaryl/α,β-unsaturated/α-hetero) is 1. The van der Waals surface area contributed by atoms with E-state index in [1.165, 1.54) is 32.4 Å². The number of nitrogens with zero attached hydrogens (tertiary/aromatic N) is 1. The van der Waals surface area contributed by atoms with E-state index >= 15 is 0 Å². The second kappa shape index (κ2) is 9.39. The molecule has 26 heavy (non-hydrogen) atoms. The van der Waals surface area contributed by atoms with Crippen molar-refractivity contribution in [3.63, 3.8) is 0 Å². The van der Waals surface area contributed by atoms with E-state index in [9.17, 15) is 4.79 Å². The predicted octanol–water partition coefficient (Wildman–Crippen LogP) is 3.99. The van der Waals surface area contributed by atoms with Crippen molar-refractivity contribution in [2.45, 2.75) is 25.7 Å². The van der Waals surface area contributed by atoms with Crippen LogP contribution in [0.5, 0.6) is 11.5 Å². The van der Waals surface area contributed by atoms with Crippen LogP contribution in [0.4, 0.5) is 0 Å². The molecule has 1 aliphatic heterocycles. The van der Waals surface area contributed by atoms with Gasteiger partial charge < -0.3 is 9.47 Å². The number of rotatable bonds is 8. The number of methoxy groups -OCH3 is 1. The molecule has 1 aliphatic rings. The van der Waals surface area contributed by atoms with E-state index in [2.05, 4.69) is 4.90 Å². The van der Waals surface area contributed by atoms with Crippen molar-refractivity contribution in [1.29, 1.82) is 0 Å². The van der Waals surface area contributed by atoms with Gasteiger partial charge >= 0.3 is 0 Å². The predicted molar refractivity (Wildman–Crippen MR) is 103 cm³/mol. The lowest BCUT2D eigenvalue weighted by atomic mass is 10.0. The van der Waals surface area contributed by atoms with E-state index in [0.29, 0.717) is 18.6 Å². The molecule has 2 aromatic carbocycles. The Morgan fingerprint density at radius 3 is 2.50 bits per heavy atom. The molecule has 4 heteroatoms. The molecule has 138 valence electrons. The third kappa shape index (κ3) is 5.33. The van der Waals surface area contributed by atoms with Crippen LogP contribution in [0.3, 0.4) is 0 Å². The lowest BCUT2D eigenvalue weighted by molar-refractivity contribution is 0.0993. The Bertz CT molecular complexity index is 706. The van der Waals surface area contributed by atoms with E-state index in [1.54, 1.807) is 7.11 Å². The fourth-order valence-electron chi connectivity index (χ4n) is 3.28. The average Bonchev–Trinajstić information content (AvgIpc) is 2.69. The highest BCUT2D eigenvalue weighted by Crippen LogP contribution is 2.17. The van der Waals surface area contributed by atoms with Gasteiger partial charge in [0.05, 0.1) is 7.11 Å². The average molecular weight is 353 g/mol. The molecule has 0 spiro atoms. The van der Waals surface area contributed by atoms with Crippen LogP contribution in [0.1, 0.15) is 35.2 Å². The molecule has 0 amide bonds. The maximum Gasteiger partial charge on any atom is 0.167 e. The summed E-state index contributed by atoms with van der Waals surface area (Å²) >= 11 is 0. The summed E-state index contributed by atoms with van der Waals surface area (Å²) in [6.07, 6.45) is 4.31. The Kier molecular flexibility index (Phi) is 6.67. The van der Waals surface area contributed by atoms with Crippen molar-refractivity contribution < 1.29 is 14.3 Å². The molecule has 0 unspecified atom stereocenters. The molecule has 4 nitrogen and oxygen atoms in total. The molecule has 0 radical (unpaired) electrons. The van der Waals surface area contributed by atoms with Gasteiger partial charge in [-0.1, -0.05) is 18.6 Å². The molecule has 0 aromatic heterocycles. The van der Waals surface area contributed by atoms with Gasteiger partial charge in [0.25, 0.3) is 0 Å². The second-order valence-corrected chi connectivity index (χ2v) is 6.73. The van der Waals surface area contributed by atoms with E-state index < -0.39 is 0 Å². The third-order valence-electron chi connectivity index (χ3n) is 4.80. The number of benzene rings is 2. The van der Waals surface area contributed by atoms with E-state index in [-0.39, 0.29) is 5.78 Å². The molecule has 0 saturated carbocycles. The van der Waals surface area contributed by atoms with Crippen molar-refractivity contribution in [2.24, 2.45) is 0 Å². The number of ketones is 1. The zero-order chi connectivity index (χ0) is 18.2. The molecule has 1 fully saturated rings. The summed E-state index contributed by atoms with van der Waals surface area (Å²) in [4.78, 5) is 14.9. The first-order valence-electron chi connectivity index (χ1n) is 9.36. The maximum atomic E-state index is 12.5. The lowest BCUT2D eigenvalue weighted by Gasteiger charge is -2.26. The van der Waals surface area contributed by atoms with Crippen LogP contribution in [0.15, 0.2) is 48.5 Å². The standard InChI is InChI=1S/C22H27NO3/c1-25-21-7-5-6-18(16-21)17-22(24)19-8-10-20(11-9-19)26-15-14-23-12-3-2-4-13-23/h5-11,16H,2-4,12-15,17H2,1H3. The second-order valence-electron chi connectivity index (χ2n) is 6.73. The Morgan fingerprint density at radius 1 is 1.00 bits per heavy atom. The molecule has 3 rings (SSSR count). The van der Waals surface area contributed by atoms with Crippen molar-refractivity contribution in [3.05, 3.63) is 59.7 Å². The van der Waals surface area contributed by atoms with Crippen LogP contribution in [-0.2, 0) is 6.42 Å². The lowest BCUT2D eigenvalue weighted by Crippen LogP contribution is -2.33. The molecule has 2 aromatic rings. The van der Waals surface area contributed by atoms with Gasteiger partial charge in [-0.2, -0.15) is 0 Å². The highest BCUT2D eigenvalue weighted by Gasteiger charge is 2.10. The Balaban J connectivity index is 1.49. The zero-order valence-electron chi connectivity index (χ0n) is 15.4. The molecule has 1 heterocycles. The van der Waals surface area contributed by atoms with Crippen LogP contribution in [-0.4, -0.2) is 44.0 Å². The largest absolute Gasteiger partial charge is 0.497 e. The molecule has 0 aliphatic carbocycles. The number of carbonyl (C=O) groups excluding carboxylic acids is 1. The summed E-state index contributed by atoms with van der Waals surface area (Å²) < 4.78 is 11.0. The first-order valence-corrected chi connectivity index (χ1v) is 9.36. The molecule has 0 bridgehead atoms. The highest BCUT2D eigenvalue weighted by atomic mass is 16.5. The van der Waals surface area contributed by atoms with Gasteiger partial charge in [0.15, 0.2) is 5.78 Å². The molecule has 0 atom stereocenters. The molecular formula is C22H27NO3. The number of likely N-dealkylation sites (tertiary alicyclic amines) is 1.